The molecule has 0 aliphatic carbocycles. The number of carbonyl (C=O) groups excluding carboxylic acids is 1. The zero-order valence-corrected chi connectivity index (χ0v) is 16.7. The molecular weight excluding hydrogens is 391 g/mol. The van der Waals surface area contributed by atoms with Crippen LogP contribution in [0.4, 0.5) is 10.1 Å². The summed E-state index contributed by atoms with van der Waals surface area (Å²) in [6.07, 6.45) is 3.36. The van der Waals surface area contributed by atoms with Crippen LogP contribution in [0.25, 0.3) is 21.9 Å². The summed E-state index contributed by atoms with van der Waals surface area (Å²) >= 11 is 0. The van der Waals surface area contributed by atoms with E-state index < -0.39 is 11.4 Å². The Labute approximate surface area is 178 Å². The van der Waals surface area contributed by atoms with Crippen LogP contribution in [0.15, 0.2) is 73.1 Å². The van der Waals surface area contributed by atoms with Crippen molar-refractivity contribution in [1.29, 1.82) is 0 Å². The quantitative estimate of drug-likeness (QED) is 0.522. The summed E-state index contributed by atoms with van der Waals surface area (Å²) < 4.78 is 13.5. The molecule has 2 aliphatic heterocycles. The predicted molar refractivity (Wildman–Crippen MR) is 117 cm³/mol. The van der Waals surface area contributed by atoms with Gasteiger partial charge in [-0.25, -0.2) is 4.98 Å². The highest BCUT2D eigenvalue weighted by molar-refractivity contribution is 6.09. The van der Waals surface area contributed by atoms with E-state index in [0.717, 1.165) is 38.8 Å². The van der Waals surface area contributed by atoms with Crippen LogP contribution >= 0.6 is 0 Å². The SMILES string of the molecule is O=C1N(Cc2ncc3ccccc3c2-c2ccc(F)nc2)c2ccccc2C12CNC2. The summed E-state index contributed by atoms with van der Waals surface area (Å²) in [5.41, 5.74) is 3.95. The van der Waals surface area contributed by atoms with Gasteiger partial charge in [-0.05, 0) is 29.1 Å². The standard InChI is InChI=1S/C25H19FN4O/c26-22-10-9-17(12-29-22)23-18-6-2-1-5-16(18)11-28-20(23)13-30-21-8-4-3-7-19(21)25(24(30)31)14-27-15-25/h1-12,27H,13-15H2. The van der Waals surface area contributed by atoms with Gasteiger partial charge in [-0.3, -0.25) is 9.78 Å². The van der Waals surface area contributed by atoms with Crippen LogP contribution < -0.4 is 10.2 Å². The average Bonchev–Trinajstić information content (AvgIpc) is 3.02. The van der Waals surface area contributed by atoms with Gasteiger partial charge in [0.2, 0.25) is 11.9 Å². The molecule has 5 nitrogen and oxygen atoms in total. The van der Waals surface area contributed by atoms with E-state index >= 15 is 0 Å². The Morgan fingerprint density at radius 3 is 2.55 bits per heavy atom. The molecule has 1 N–H and O–H groups in total. The van der Waals surface area contributed by atoms with Crippen molar-refractivity contribution in [2.24, 2.45) is 0 Å². The van der Waals surface area contributed by atoms with Crippen molar-refractivity contribution in [2.75, 3.05) is 18.0 Å². The van der Waals surface area contributed by atoms with Crippen LogP contribution in [-0.4, -0.2) is 29.0 Å². The molecule has 0 radical (unpaired) electrons. The lowest BCUT2D eigenvalue weighted by molar-refractivity contribution is -0.125. The molecule has 31 heavy (non-hydrogen) atoms. The topological polar surface area (TPSA) is 58.1 Å². The Balaban J connectivity index is 1.51. The minimum Gasteiger partial charge on any atom is -0.314 e. The minimum absolute atomic E-state index is 0.102. The van der Waals surface area contributed by atoms with E-state index in [1.165, 1.54) is 12.3 Å². The number of amides is 1. The fourth-order valence-electron chi connectivity index (χ4n) is 4.79. The van der Waals surface area contributed by atoms with Crippen LogP contribution in [0.3, 0.4) is 0 Å². The maximum absolute atomic E-state index is 13.5. The molecule has 1 saturated heterocycles. The van der Waals surface area contributed by atoms with Crippen molar-refractivity contribution in [3.05, 3.63) is 90.3 Å². The first-order valence-electron chi connectivity index (χ1n) is 10.3. The first-order chi connectivity index (χ1) is 15.2. The molecule has 6 heteroatoms. The molecule has 0 bridgehead atoms. The number of benzene rings is 2. The summed E-state index contributed by atoms with van der Waals surface area (Å²) in [6.45, 7) is 1.65. The van der Waals surface area contributed by atoms with Crippen molar-refractivity contribution in [1.82, 2.24) is 15.3 Å². The van der Waals surface area contributed by atoms with Crippen LogP contribution in [-0.2, 0) is 16.8 Å². The van der Waals surface area contributed by atoms with Gasteiger partial charge in [0.05, 0.1) is 12.2 Å². The van der Waals surface area contributed by atoms with Crippen molar-refractivity contribution in [2.45, 2.75) is 12.0 Å². The lowest BCUT2D eigenvalue weighted by atomic mass is 9.76. The maximum Gasteiger partial charge on any atom is 0.240 e. The molecule has 6 rings (SSSR count). The molecule has 0 saturated carbocycles. The summed E-state index contributed by atoms with van der Waals surface area (Å²) in [6, 6.07) is 19.0. The Morgan fingerprint density at radius 2 is 1.77 bits per heavy atom. The van der Waals surface area contributed by atoms with Crippen LogP contribution in [0.5, 0.6) is 0 Å². The molecule has 0 atom stereocenters. The van der Waals surface area contributed by atoms with Crippen LogP contribution in [0, 0.1) is 5.95 Å². The fraction of sp³-hybridized carbons (Fsp3) is 0.160. The second-order valence-corrected chi connectivity index (χ2v) is 8.13. The van der Waals surface area contributed by atoms with E-state index in [1.807, 2.05) is 59.6 Å². The summed E-state index contributed by atoms with van der Waals surface area (Å²) in [7, 11) is 0. The molecule has 0 unspecified atom stereocenters. The monoisotopic (exact) mass is 410 g/mol. The van der Waals surface area contributed by atoms with Crippen LogP contribution in [0.2, 0.25) is 0 Å². The van der Waals surface area contributed by atoms with Crippen LogP contribution in [0.1, 0.15) is 11.3 Å². The molecule has 1 amide bonds. The summed E-state index contributed by atoms with van der Waals surface area (Å²) in [5.74, 6) is -0.424. The lowest BCUT2D eigenvalue weighted by Gasteiger charge is -2.38. The predicted octanol–water partition coefficient (Wildman–Crippen LogP) is 3.82. The number of anilines is 1. The normalized spacial score (nSPS) is 16.5. The number of nitrogens with one attached hydrogen (secondary N) is 1. The third-order valence-electron chi connectivity index (χ3n) is 6.42. The van der Waals surface area contributed by atoms with Gasteiger partial charge in [-0.2, -0.15) is 4.39 Å². The number of hydrogen-bond acceptors (Lipinski definition) is 4. The van der Waals surface area contributed by atoms with Crippen molar-refractivity contribution >= 4 is 22.4 Å². The largest absolute Gasteiger partial charge is 0.314 e. The van der Waals surface area contributed by atoms with E-state index in [1.54, 1.807) is 6.07 Å². The lowest BCUT2D eigenvalue weighted by Crippen LogP contribution is -2.61. The van der Waals surface area contributed by atoms with Crippen molar-refractivity contribution in [3.8, 4) is 11.1 Å². The first-order valence-corrected chi connectivity index (χ1v) is 10.3. The number of pyridine rings is 2. The smallest absolute Gasteiger partial charge is 0.240 e. The molecule has 2 aromatic heterocycles. The third-order valence-corrected chi connectivity index (χ3v) is 6.42. The summed E-state index contributed by atoms with van der Waals surface area (Å²) in [5, 5.41) is 5.24. The fourth-order valence-corrected chi connectivity index (χ4v) is 4.79. The number of halogens is 1. The number of fused-ring (bicyclic) bond motifs is 3. The second-order valence-electron chi connectivity index (χ2n) is 8.13. The molecule has 4 heterocycles. The van der Waals surface area contributed by atoms with Gasteiger partial charge >= 0.3 is 0 Å². The highest BCUT2D eigenvalue weighted by Crippen LogP contribution is 2.45. The van der Waals surface area contributed by atoms with Gasteiger partial charge in [0, 0.05) is 47.7 Å². The van der Waals surface area contributed by atoms with Gasteiger partial charge in [0.25, 0.3) is 0 Å². The molecule has 4 aromatic rings. The van der Waals surface area contributed by atoms with E-state index in [-0.39, 0.29) is 5.91 Å². The Hall–Kier alpha value is -3.64. The molecule has 2 aliphatic rings. The third kappa shape index (κ3) is 2.61. The van der Waals surface area contributed by atoms with Gasteiger partial charge in [0.15, 0.2) is 0 Å². The Morgan fingerprint density at radius 1 is 0.968 bits per heavy atom. The zero-order chi connectivity index (χ0) is 21.0. The summed E-state index contributed by atoms with van der Waals surface area (Å²) in [4.78, 5) is 23.9. The number of rotatable bonds is 3. The number of nitrogens with zero attached hydrogens (tertiary/aromatic N) is 3. The number of aromatic nitrogens is 2. The maximum atomic E-state index is 13.5. The van der Waals surface area contributed by atoms with Gasteiger partial charge in [-0.1, -0.05) is 42.5 Å². The highest BCUT2D eigenvalue weighted by atomic mass is 19.1. The minimum atomic E-state index is -0.526. The molecule has 2 aromatic carbocycles. The zero-order valence-electron chi connectivity index (χ0n) is 16.7. The Kier molecular flexibility index (Phi) is 3.91. The molecule has 152 valence electrons. The Bertz CT molecular complexity index is 1330. The number of para-hydroxylation sites is 1. The van der Waals surface area contributed by atoms with Gasteiger partial charge in [0.1, 0.15) is 5.41 Å². The molecule has 1 spiro atoms. The first kappa shape index (κ1) is 18.2. The van der Waals surface area contributed by atoms with E-state index in [0.29, 0.717) is 19.6 Å². The van der Waals surface area contributed by atoms with E-state index in [9.17, 15) is 9.18 Å². The van der Waals surface area contributed by atoms with Gasteiger partial charge < -0.3 is 10.2 Å². The molecule has 1 fully saturated rings. The van der Waals surface area contributed by atoms with Gasteiger partial charge in [-0.15, -0.1) is 0 Å². The number of hydrogen-bond donors (Lipinski definition) is 1. The highest BCUT2D eigenvalue weighted by Gasteiger charge is 2.54. The average molecular weight is 410 g/mol. The van der Waals surface area contributed by atoms with E-state index in [2.05, 4.69) is 10.3 Å². The van der Waals surface area contributed by atoms with Crippen molar-refractivity contribution < 1.29 is 9.18 Å². The number of carbonyl (C=O) groups is 1. The second kappa shape index (κ2) is 6.68. The molecular formula is C25H19FN4O. The van der Waals surface area contributed by atoms with E-state index in [4.69, 9.17) is 4.98 Å². The van der Waals surface area contributed by atoms with Crippen molar-refractivity contribution in [3.63, 3.8) is 0 Å².